The zero-order valence-corrected chi connectivity index (χ0v) is 33.6. The van der Waals surface area contributed by atoms with Crippen molar-refractivity contribution in [3.8, 4) is 11.1 Å². The molecule has 0 unspecified atom stereocenters. The first-order valence-corrected chi connectivity index (χ1v) is 18.5. The molecule has 2 nitrogen and oxygen atoms in total. The molecule has 0 aliphatic carbocycles. The molecule has 0 aliphatic rings. The second-order valence-corrected chi connectivity index (χ2v) is 12.9. The van der Waals surface area contributed by atoms with Gasteiger partial charge in [-0.25, -0.2) is 0 Å². The summed E-state index contributed by atoms with van der Waals surface area (Å²) >= 11 is 0. The summed E-state index contributed by atoms with van der Waals surface area (Å²) in [4.78, 5) is 10.2. The summed E-state index contributed by atoms with van der Waals surface area (Å²) in [5.74, 6) is 0. The van der Waals surface area contributed by atoms with E-state index in [1.807, 2.05) is 6.21 Å². The predicted octanol–water partition coefficient (Wildman–Crippen LogP) is 14.4. The van der Waals surface area contributed by atoms with Gasteiger partial charge in [-0.3, -0.25) is 9.98 Å². The Morgan fingerprint density at radius 3 is 1.67 bits per heavy atom. The third kappa shape index (κ3) is 15.1. The van der Waals surface area contributed by atoms with Crippen molar-refractivity contribution in [2.75, 3.05) is 0 Å². The number of aliphatic imine (C=N–C) groups is 2. The number of unbranched alkanes of at least 4 members (excludes halogenated alkanes) is 10. The molecular weight excluding hydrogens is 675 g/mol. The van der Waals surface area contributed by atoms with Crippen molar-refractivity contribution in [1.82, 2.24) is 0 Å². The van der Waals surface area contributed by atoms with Crippen LogP contribution >= 0.6 is 0 Å². The number of benzene rings is 3. The van der Waals surface area contributed by atoms with Gasteiger partial charge in [0.05, 0.1) is 17.1 Å². The molecule has 0 aromatic heterocycles. The molecule has 3 aromatic rings. The zero-order valence-electron chi connectivity index (χ0n) is 32.0. The summed E-state index contributed by atoms with van der Waals surface area (Å²) in [5, 5.41) is 0. The first-order valence-electron chi connectivity index (χ1n) is 18.5. The average Bonchev–Trinajstić information content (AvgIpc) is 3.06. The van der Waals surface area contributed by atoms with Crippen molar-refractivity contribution < 1.29 is 20.4 Å². The summed E-state index contributed by atoms with van der Waals surface area (Å²) in [6.45, 7) is 13.6. The number of nitrogens with zero attached hydrogens (tertiary/aromatic N) is 2. The minimum Gasteiger partial charge on any atom is -0.358 e. The van der Waals surface area contributed by atoms with E-state index in [2.05, 4.69) is 96.1 Å². The van der Waals surface area contributed by atoms with Crippen molar-refractivity contribution in [3.05, 3.63) is 97.3 Å². The summed E-state index contributed by atoms with van der Waals surface area (Å²) in [5.41, 5.74) is 13.1. The van der Waals surface area contributed by atoms with Gasteiger partial charge in [0.25, 0.3) is 0 Å². The third-order valence-electron chi connectivity index (χ3n) is 9.27. The standard InChI is InChI=1S/C43H62N2.2CH3.Pd/c1-7-12-14-16-18-21-27-36-31-40(29-34(6)41(36)10-4)45-38(9-3)33-44-39-30-37(28-22-19-17-15-13-8-2)42(11-5)43(32-39)35-25-23-20-24-26-35;;;/h20,23-26,29-33H,7-19,21-22,27-28H2,1-6H3;2*1H3;/q;2*-1;+2. The Bertz CT molecular complexity index is 1340. The monoisotopic (exact) mass is 742 g/mol. The Balaban J connectivity index is 0.00000736. The van der Waals surface area contributed by atoms with Gasteiger partial charge in [-0.2, -0.15) is 0 Å². The van der Waals surface area contributed by atoms with E-state index in [1.165, 1.54) is 116 Å². The molecule has 0 amide bonds. The molecule has 3 aromatic carbocycles. The van der Waals surface area contributed by atoms with E-state index in [4.69, 9.17) is 9.98 Å². The normalized spacial score (nSPS) is 11.2. The fourth-order valence-corrected chi connectivity index (χ4v) is 6.67. The fourth-order valence-electron chi connectivity index (χ4n) is 6.67. The molecule has 0 bridgehead atoms. The molecule has 268 valence electrons. The molecule has 0 saturated heterocycles. The van der Waals surface area contributed by atoms with Gasteiger partial charge in [-0.1, -0.05) is 129 Å². The fraction of sp³-hybridized carbons (Fsp3) is 0.511. The van der Waals surface area contributed by atoms with Gasteiger partial charge >= 0.3 is 20.4 Å². The van der Waals surface area contributed by atoms with Crippen LogP contribution in [0.2, 0.25) is 0 Å². The maximum atomic E-state index is 5.15. The van der Waals surface area contributed by atoms with Crippen LogP contribution in [0.25, 0.3) is 11.1 Å². The van der Waals surface area contributed by atoms with E-state index in [1.54, 1.807) is 0 Å². The Hall–Kier alpha value is -2.34. The average molecular weight is 743 g/mol. The number of rotatable bonds is 21. The van der Waals surface area contributed by atoms with Gasteiger partial charge in [-0.05, 0) is 115 Å². The first kappa shape index (κ1) is 45.7. The summed E-state index contributed by atoms with van der Waals surface area (Å²) in [6.07, 6.45) is 23.2. The molecule has 0 spiro atoms. The molecular formula is C45H68N2Pd. The molecule has 0 N–H and O–H groups in total. The van der Waals surface area contributed by atoms with Crippen molar-refractivity contribution in [1.29, 1.82) is 0 Å². The number of hydrogen-bond donors (Lipinski definition) is 0. The van der Waals surface area contributed by atoms with E-state index in [0.29, 0.717) is 0 Å². The molecule has 0 saturated carbocycles. The Morgan fingerprint density at radius 1 is 0.604 bits per heavy atom. The van der Waals surface area contributed by atoms with Gasteiger partial charge in [0, 0.05) is 6.21 Å². The zero-order chi connectivity index (χ0) is 32.3. The van der Waals surface area contributed by atoms with Gasteiger partial charge < -0.3 is 14.9 Å². The van der Waals surface area contributed by atoms with Crippen LogP contribution < -0.4 is 0 Å². The van der Waals surface area contributed by atoms with Crippen LogP contribution in [-0.4, -0.2) is 11.9 Å². The molecule has 0 aliphatic heterocycles. The molecule has 48 heavy (non-hydrogen) atoms. The molecule has 3 heteroatoms. The molecule has 0 atom stereocenters. The van der Waals surface area contributed by atoms with Crippen molar-refractivity contribution in [2.24, 2.45) is 9.98 Å². The molecule has 0 heterocycles. The first-order chi connectivity index (χ1) is 22.0. The van der Waals surface area contributed by atoms with Crippen molar-refractivity contribution in [2.45, 2.75) is 151 Å². The predicted molar refractivity (Wildman–Crippen MR) is 214 cm³/mol. The van der Waals surface area contributed by atoms with Gasteiger partial charge in [0.1, 0.15) is 0 Å². The van der Waals surface area contributed by atoms with Gasteiger partial charge in [0.15, 0.2) is 0 Å². The van der Waals surface area contributed by atoms with Crippen LogP contribution in [0.3, 0.4) is 0 Å². The second-order valence-electron chi connectivity index (χ2n) is 12.9. The van der Waals surface area contributed by atoms with Crippen LogP contribution in [0.15, 0.2) is 64.6 Å². The topological polar surface area (TPSA) is 24.7 Å². The largest absolute Gasteiger partial charge is 2.00 e. The molecule has 3 rings (SSSR count). The number of aryl methyl sites for hydroxylation is 3. The Morgan fingerprint density at radius 2 is 1.12 bits per heavy atom. The van der Waals surface area contributed by atoms with Gasteiger partial charge in [-0.15, -0.1) is 0 Å². The van der Waals surface area contributed by atoms with E-state index >= 15 is 0 Å². The van der Waals surface area contributed by atoms with Crippen LogP contribution in [0.1, 0.15) is 146 Å². The SMILES string of the molecule is CCCCCCCCc1cc(N=C(C=Nc2cc(CCCCCCCC)c(CC)c(-c3ccccc3)c2)CC)cc(C)c1CC.[CH3-].[CH3-].[Pd+2]. The van der Waals surface area contributed by atoms with Crippen LogP contribution in [0, 0.1) is 21.8 Å². The maximum absolute atomic E-state index is 5.15. The Labute approximate surface area is 311 Å². The third-order valence-corrected chi connectivity index (χ3v) is 9.27. The van der Waals surface area contributed by atoms with Crippen LogP contribution in [0.4, 0.5) is 11.4 Å². The van der Waals surface area contributed by atoms with Crippen LogP contribution in [-0.2, 0) is 46.1 Å². The van der Waals surface area contributed by atoms with Gasteiger partial charge in [0.2, 0.25) is 0 Å². The Kier molecular flexibility index (Phi) is 25.2. The van der Waals surface area contributed by atoms with E-state index in [-0.39, 0.29) is 35.3 Å². The summed E-state index contributed by atoms with van der Waals surface area (Å²) in [7, 11) is 0. The van der Waals surface area contributed by atoms with Crippen LogP contribution in [0.5, 0.6) is 0 Å². The van der Waals surface area contributed by atoms with Crippen molar-refractivity contribution in [3.63, 3.8) is 0 Å². The smallest absolute Gasteiger partial charge is 0.358 e. The van der Waals surface area contributed by atoms with Crippen molar-refractivity contribution >= 4 is 23.3 Å². The summed E-state index contributed by atoms with van der Waals surface area (Å²) in [6, 6.07) is 20.1. The van der Waals surface area contributed by atoms with E-state index in [9.17, 15) is 0 Å². The summed E-state index contributed by atoms with van der Waals surface area (Å²) < 4.78 is 0. The maximum Gasteiger partial charge on any atom is 2.00 e. The van der Waals surface area contributed by atoms with E-state index < -0.39 is 0 Å². The molecule has 0 fully saturated rings. The van der Waals surface area contributed by atoms with E-state index in [0.717, 1.165) is 49.2 Å². The quantitative estimate of drug-likeness (QED) is 0.0449. The molecule has 0 radical (unpaired) electrons. The minimum absolute atomic E-state index is 0. The minimum atomic E-state index is 0. The number of hydrogen-bond acceptors (Lipinski definition) is 2. The second kappa shape index (κ2) is 26.5.